The second-order valence-electron chi connectivity index (χ2n) is 9.16. The van der Waals surface area contributed by atoms with Gasteiger partial charge in [0.1, 0.15) is 11.5 Å². The van der Waals surface area contributed by atoms with Gasteiger partial charge in [0.25, 0.3) is 0 Å². The van der Waals surface area contributed by atoms with Gasteiger partial charge in [-0.1, -0.05) is 60.8 Å². The van der Waals surface area contributed by atoms with Crippen LogP contribution in [0.4, 0.5) is 19.0 Å². The lowest BCUT2D eigenvalue weighted by Crippen LogP contribution is -2.46. The number of rotatable bonds is 5. The van der Waals surface area contributed by atoms with Gasteiger partial charge in [-0.3, -0.25) is 4.90 Å². The summed E-state index contributed by atoms with van der Waals surface area (Å²) in [7, 11) is 0. The first-order valence-electron chi connectivity index (χ1n) is 11.8. The van der Waals surface area contributed by atoms with Gasteiger partial charge in [-0.2, -0.15) is 18.2 Å². The molecule has 0 N–H and O–H groups in total. The van der Waals surface area contributed by atoms with Crippen molar-refractivity contribution in [3.63, 3.8) is 0 Å². The first-order chi connectivity index (χ1) is 16.4. The van der Waals surface area contributed by atoms with E-state index >= 15 is 0 Å². The summed E-state index contributed by atoms with van der Waals surface area (Å²) in [4.78, 5) is 12.7. The van der Waals surface area contributed by atoms with Gasteiger partial charge < -0.3 is 9.42 Å². The average molecular weight is 472 g/mol. The van der Waals surface area contributed by atoms with Crippen LogP contribution >= 0.6 is 0 Å². The van der Waals surface area contributed by atoms with Crippen molar-refractivity contribution in [2.75, 3.05) is 31.1 Å². The number of piperazine rings is 1. The average Bonchev–Trinajstić information content (AvgIpc) is 3.34. The van der Waals surface area contributed by atoms with Gasteiger partial charge in [0.2, 0.25) is 5.89 Å². The van der Waals surface area contributed by atoms with Crippen molar-refractivity contribution in [2.45, 2.75) is 50.2 Å². The number of nitrogens with zero attached hydrogens (tertiary/aromatic N) is 5. The molecule has 1 aliphatic heterocycles. The Morgan fingerprint density at radius 2 is 1.59 bits per heavy atom. The van der Waals surface area contributed by atoms with E-state index in [2.05, 4.69) is 39.3 Å². The minimum atomic E-state index is -4.44. The largest absolute Gasteiger partial charge is 0.433 e. The highest BCUT2D eigenvalue weighted by molar-refractivity contribution is 5.40. The Bertz CT molecular complexity index is 1090. The Balaban J connectivity index is 1.25. The molecule has 2 fully saturated rings. The first kappa shape index (κ1) is 22.8. The lowest BCUT2D eigenvalue weighted by Gasteiger charge is -2.35. The van der Waals surface area contributed by atoms with Crippen LogP contribution in [0.1, 0.15) is 55.1 Å². The van der Waals surface area contributed by atoms with Crippen LogP contribution in [0.5, 0.6) is 0 Å². The molecule has 5 rings (SSSR count). The van der Waals surface area contributed by atoms with Gasteiger partial charge in [-0.25, -0.2) is 4.98 Å². The molecule has 1 aromatic carbocycles. The normalized spacial score (nSPS) is 19.3. The zero-order valence-electron chi connectivity index (χ0n) is 19.0. The molecule has 3 heterocycles. The van der Waals surface area contributed by atoms with Crippen molar-refractivity contribution in [3.8, 4) is 0 Å². The molecule has 9 heteroatoms. The Morgan fingerprint density at radius 1 is 0.853 bits per heavy atom. The summed E-state index contributed by atoms with van der Waals surface area (Å²) in [5, 5.41) is 4.41. The van der Waals surface area contributed by atoms with Crippen LogP contribution in [0.15, 0.2) is 53.1 Å². The predicted molar refractivity (Wildman–Crippen MR) is 121 cm³/mol. The van der Waals surface area contributed by atoms with Crippen LogP contribution in [-0.4, -0.2) is 46.2 Å². The standard InChI is InChI=1S/C25H28F3N5O/c26-25(27,28)20-10-7-11-21(29-20)33-16-14-32(15-17-33)18-22-30-23(31-34-22)24(12-5-2-6-13-24)19-8-3-1-4-9-19/h1,3-4,7-11H,2,5-6,12-18H2. The summed E-state index contributed by atoms with van der Waals surface area (Å²) in [5.74, 6) is 1.71. The Hall–Kier alpha value is -2.94. The molecule has 1 saturated heterocycles. The maximum absolute atomic E-state index is 13.0. The second-order valence-corrected chi connectivity index (χ2v) is 9.16. The molecule has 0 amide bonds. The molecule has 0 spiro atoms. The molecule has 180 valence electrons. The third-order valence-electron chi connectivity index (χ3n) is 7.01. The molecule has 2 aromatic heterocycles. The summed E-state index contributed by atoms with van der Waals surface area (Å²) >= 11 is 0. The third kappa shape index (κ3) is 4.66. The monoisotopic (exact) mass is 471 g/mol. The van der Waals surface area contributed by atoms with E-state index in [9.17, 15) is 13.2 Å². The third-order valence-corrected chi connectivity index (χ3v) is 7.01. The minimum Gasteiger partial charge on any atom is -0.354 e. The molecule has 1 saturated carbocycles. The van der Waals surface area contributed by atoms with Gasteiger partial charge in [0.15, 0.2) is 5.82 Å². The second kappa shape index (κ2) is 9.37. The number of pyridine rings is 1. The number of benzene rings is 1. The fourth-order valence-electron chi connectivity index (χ4n) is 5.15. The summed E-state index contributed by atoms with van der Waals surface area (Å²) in [6.07, 6.45) is 1.10. The van der Waals surface area contributed by atoms with Gasteiger partial charge >= 0.3 is 6.18 Å². The van der Waals surface area contributed by atoms with E-state index in [-0.39, 0.29) is 5.41 Å². The first-order valence-corrected chi connectivity index (χ1v) is 11.8. The van der Waals surface area contributed by atoms with Crippen LogP contribution in [0.3, 0.4) is 0 Å². The molecule has 3 aromatic rings. The Kier molecular flexibility index (Phi) is 6.29. The van der Waals surface area contributed by atoms with Gasteiger partial charge in [-0.05, 0) is 30.5 Å². The predicted octanol–water partition coefficient (Wildman–Crippen LogP) is 5.06. The zero-order valence-corrected chi connectivity index (χ0v) is 19.0. The minimum absolute atomic E-state index is 0.199. The topological polar surface area (TPSA) is 58.3 Å². The molecular weight excluding hydrogens is 443 g/mol. The SMILES string of the molecule is FC(F)(F)c1cccc(N2CCN(Cc3nc(C4(c5ccccc5)CCCCC4)no3)CC2)n1. The quantitative estimate of drug-likeness (QED) is 0.519. The highest BCUT2D eigenvalue weighted by Crippen LogP contribution is 2.43. The molecule has 0 atom stereocenters. The van der Waals surface area contributed by atoms with E-state index in [1.165, 1.54) is 18.1 Å². The number of hydrogen-bond donors (Lipinski definition) is 0. The molecule has 2 aliphatic rings. The molecule has 0 bridgehead atoms. The number of alkyl halides is 3. The van der Waals surface area contributed by atoms with Crippen molar-refractivity contribution in [3.05, 3.63) is 71.5 Å². The van der Waals surface area contributed by atoms with Crippen molar-refractivity contribution in [2.24, 2.45) is 0 Å². The fraction of sp³-hybridized carbons (Fsp3) is 0.480. The Labute approximate surface area is 196 Å². The molecule has 34 heavy (non-hydrogen) atoms. The van der Waals surface area contributed by atoms with Crippen LogP contribution in [-0.2, 0) is 18.1 Å². The maximum atomic E-state index is 13.0. The van der Waals surface area contributed by atoms with Crippen LogP contribution in [0.2, 0.25) is 0 Å². The highest BCUT2D eigenvalue weighted by Gasteiger charge is 2.40. The van der Waals surface area contributed by atoms with Crippen molar-refractivity contribution in [1.82, 2.24) is 20.0 Å². The van der Waals surface area contributed by atoms with E-state index in [4.69, 9.17) is 9.51 Å². The van der Waals surface area contributed by atoms with Crippen molar-refractivity contribution in [1.29, 1.82) is 0 Å². The number of hydrogen-bond acceptors (Lipinski definition) is 6. The molecule has 6 nitrogen and oxygen atoms in total. The van der Waals surface area contributed by atoms with E-state index in [0.29, 0.717) is 44.4 Å². The molecule has 0 radical (unpaired) electrons. The van der Waals surface area contributed by atoms with E-state index in [1.807, 2.05) is 11.0 Å². The molecule has 0 unspecified atom stereocenters. The highest BCUT2D eigenvalue weighted by atomic mass is 19.4. The van der Waals surface area contributed by atoms with E-state index < -0.39 is 11.9 Å². The Morgan fingerprint density at radius 3 is 2.29 bits per heavy atom. The van der Waals surface area contributed by atoms with Crippen LogP contribution in [0.25, 0.3) is 0 Å². The molecular formula is C25H28F3N5O. The van der Waals surface area contributed by atoms with Crippen molar-refractivity contribution >= 4 is 5.82 Å². The van der Waals surface area contributed by atoms with Gasteiger partial charge in [-0.15, -0.1) is 0 Å². The van der Waals surface area contributed by atoms with E-state index in [1.54, 1.807) is 6.07 Å². The van der Waals surface area contributed by atoms with E-state index in [0.717, 1.165) is 37.6 Å². The summed E-state index contributed by atoms with van der Waals surface area (Å²) in [6.45, 7) is 3.06. The van der Waals surface area contributed by atoms with Gasteiger partial charge in [0, 0.05) is 26.2 Å². The number of anilines is 1. The van der Waals surface area contributed by atoms with Crippen molar-refractivity contribution < 1.29 is 17.7 Å². The smallest absolute Gasteiger partial charge is 0.354 e. The van der Waals surface area contributed by atoms with Crippen LogP contribution in [0, 0.1) is 0 Å². The maximum Gasteiger partial charge on any atom is 0.433 e. The van der Waals surface area contributed by atoms with Crippen LogP contribution < -0.4 is 4.90 Å². The lowest BCUT2D eigenvalue weighted by atomic mass is 9.69. The number of halogens is 3. The number of aromatic nitrogens is 3. The lowest BCUT2D eigenvalue weighted by molar-refractivity contribution is -0.141. The summed E-state index contributed by atoms with van der Waals surface area (Å²) in [5.41, 5.74) is 0.180. The summed E-state index contributed by atoms with van der Waals surface area (Å²) < 4.78 is 44.7. The zero-order chi connectivity index (χ0) is 23.6. The molecule has 1 aliphatic carbocycles. The summed E-state index contributed by atoms with van der Waals surface area (Å²) in [6, 6.07) is 14.5. The fourth-order valence-corrected chi connectivity index (χ4v) is 5.15. The van der Waals surface area contributed by atoms with Gasteiger partial charge in [0.05, 0.1) is 12.0 Å².